The predicted molar refractivity (Wildman–Crippen MR) is 52.6 cm³/mol. The summed E-state index contributed by atoms with van der Waals surface area (Å²) in [7, 11) is 0. The number of hydrogen-bond donors (Lipinski definition) is 4. The summed E-state index contributed by atoms with van der Waals surface area (Å²) >= 11 is 0. The fourth-order valence-corrected chi connectivity index (χ4v) is 1.01. The van der Waals surface area contributed by atoms with Crippen molar-refractivity contribution in [2.24, 2.45) is 11.5 Å². The van der Waals surface area contributed by atoms with E-state index < -0.39 is 11.9 Å². The second-order valence-electron chi connectivity index (χ2n) is 2.66. The van der Waals surface area contributed by atoms with Crippen molar-refractivity contribution in [2.75, 3.05) is 11.1 Å². The number of amides is 3. The Morgan fingerprint density at radius 1 is 1.21 bits per heavy atom. The van der Waals surface area contributed by atoms with Crippen LogP contribution in [0.1, 0.15) is 10.4 Å². The van der Waals surface area contributed by atoms with Crippen LogP contribution in [0.15, 0.2) is 18.2 Å². The van der Waals surface area contributed by atoms with Crippen LogP contribution in [-0.2, 0) is 0 Å². The Bertz CT molecular complexity index is 389. The number of carbonyl (C=O) groups is 2. The molecular weight excluding hydrogens is 184 g/mol. The van der Waals surface area contributed by atoms with Crippen molar-refractivity contribution < 1.29 is 9.59 Å². The Labute approximate surface area is 80.1 Å². The summed E-state index contributed by atoms with van der Waals surface area (Å²) in [6.07, 6.45) is 0. The van der Waals surface area contributed by atoms with Crippen molar-refractivity contribution in [3.63, 3.8) is 0 Å². The van der Waals surface area contributed by atoms with E-state index in [0.717, 1.165) is 0 Å². The van der Waals surface area contributed by atoms with Gasteiger partial charge in [-0.2, -0.15) is 0 Å². The molecule has 14 heavy (non-hydrogen) atoms. The summed E-state index contributed by atoms with van der Waals surface area (Å²) in [4.78, 5) is 21.5. The van der Waals surface area contributed by atoms with Crippen molar-refractivity contribution in [3.8, 4) is 0 Å². The van der Waals surface area contributed by atoms with Crippen molar-refractivity contribution >= 4 is 23.3 Å². The second kappa shape index (κ2) is 3.65. The third kappa shape index (κ3) is 2.13. The number of primary amides is 2. The number of anilines is 2. The van der Waals surface area contributed by atoms with Crippen LogP contribution in [-0.4, -0.2) is 11.9 Å². The van der Waals surface area contributed by atoms with E-state index in [0.29, 0.717) is 5.69 Å². The number of hydrogen-bond acceptors (Lipinski definition) is 3. The minimum atomic E-state index is -0.766. The fraction of sp³-hybridized carbons (Fsp3) is 0. The van der Waals surface area contributed by atoms with E-state index in [-0.39, 0.29) is 11.3 Å². The van der Waals surface area contributed by atoms with Crippen molar-refractivity contribution in [3.05, 3.63) is 23.8 Å². The Hall–Kier alpha value is -2.24. The van der Waals surface area contributed by atoms with Gasteiger partial charge in [0.15, 0.2) is 0 Å². The first-order chi connectivity index (χ1) is 6.50. The molecule has 0 saturated heterocycles. The zero-order chi connectivity index (χ0) is 10.7. The summed E-state index contributed by atoms with van der Waals surface area (Å²) in [5.41, 5.74) is 16.2. The first-order valence-electron chi connectivity index (χ1n) is 3.76. The van der Waals surface area contributed by atoms with Gasteiger partial charge in [0.25, 0.3) is 5.91 Å². The minimum absolute atomic E-state index is 0.129. The van der Waals surface area contributed by atoms with Gasteiger partial charge in [-0.15, -0.1) is 0 Å². The average Bonchev–Trinajstić information content (AvgIpc) is 2.07. The summed E-state index contributed by atoms with van der Waals surface area (Å²) in [5.74, 6) is -0.680. The van der Waals surface area contributed by atoms with E-state index in [9.17, 15) is 9.59 Å². The number of rotatable bonds is 2. The van der Waals surface area contributed by atoms with E-state index in [2.05, 4.69) is 5.32 Å². The van der Waals surface area contributed by atoms with Gasteiger partial charge in [0.05, 0.1) is 11.3 Å². The third-order valence-electron chi connectivity index (χ3n) is 1.57. The molecule has 0 aliphatic carbocycles. The van der Waals surface area contributed by atoms with E-state index in [4.69, 9.17) is 17.2 Å². The molecule has 6 nitrogen and oxygen atoms in total. The van der Waals surface area contributed by atoms with Crippen LogP contribution in [0.3, 0.4) is 0 Å². The van der Waals surface area contributed by atoms with Crippen LogP contribution in [0.2, 0.25) is 0 Å². The van der Waals surface area contributed by atoms with Gasteiger partial charge in [-0.05, 0) is 18.2 Å². The van der Waals surface area contributed by atoms with Crippen molar-refractivity contribution in [2.45, 2.75) is 0 Å². The first-order valence-corrected chi connectivity index (χ1v) is 3.76. The monoisotopic (exact) mass is 194 g/mol. The molecule has 0 bridgehead atoms. The second-order valence-corrected chi connectivity index (χ2v) is 2.66. The molecule has 1 aromatic rings. The third-order valence-corrected chi connectivity index (χ3v) is 1.57. The van der Waals surface area contributed by atoms with E-state index in [1.807, 2.05) is 0 Å². The number of carbonyl (C=O) groups excluding carboxylic acids is 2. The molecule has 0 saturated carbocycles. The number of nitrogens with one attached hydrogen (secondary N) is 1. The van der Waals surface area contributed by atoms with Crippen LogP contribution in [0.4, 0.5) is 16.2 Å². The maximum atomic E-state index is 10.9. The Balaban J connectivity index is 3.14. The van der Waals surface area contributed by atoms with Crippen molar-refractivity contribution in [1.82, 2.24) is 0 Å². The maximum Gasteiger partial charge on any atom is 0.316 e. The SMILES string of the molecule is NC(=O)Nc1ccc(N)cc1C(N)=O. The highest BCUT2D eigenvalue weighted by Gasteiger charge is 2.09. The lowest BCUT2D eigenvalue weighted by molar-refractivity contribution is 0.100. The molecule has 0 unspecified atom stereocenters. The van der Waals surface area contributed by atoms with Crippen LogP contribution in [0.25, 0.3) is 0 Å². The van der Waals surface area contributed by atoms with Crippen LogP contribution >= 0.6 is 0 Å². The summed E-state index contributed by atoms with van der Waals surface area (Å²) in [6.45, 7) is 0. The van der Waals surface area contributed by atoms with E-state index in [1.165, 1.54) is 18.2 Å². The first kappa shape index (κ1) is 9.85. The zero-order valence-electron chi connectivity index (χ0n) is 7.28. The van der Waals surface area contributed by atoms with Gasteiger partial charge >= 0.3 is 6.03 Å². The molecule has 0 fully saturated rings. The Morgan fingerprint density at radius 3 is 2.36 bits per heavy atom. The zero-order valence-corrected chi connectivity index (χ0v) is 7.28. The summed E-state index contributed by atoms with van der Waals surface area (Å²) < 4.78 is 0. The molecule has 0 atom stereocenters. The predicted octanol–water partition coefficient (Wildman–Crippen LogP) is -0.142. The smallest absolute Gasteiger partial charge is 0.316 e. The highest BCUT2D eigenvalue weighted by molar-refractivity contribution is 6.03. The van der Waals surface area contributed by atoms with Gasteiger partial charge < -0.3 is 22.5 Å². The van der Waals surface area contributed by atoms with Gasteiger partial charge in [-0.1, -0.05) is 0 Å². The summed E-state index contributed by atoms with van der Waals surface area (Å²) in [5, 5.41) is 2.26. The lowest BCUT2D eigenvalue weighted by atomic mass is 10.1. The molecule has 0 heterocycles. The fourth-order valence-electron chi connectivity index (χ4n) is 1.01. The Kier molecular flexibility index (Phi) is 2.57. The quantitative estimate of drug-likeness (QED) is 0.489. The number of urea groups is 1. The molecule has 0 radical (unpaired) electrons. The van der Waals surface area contributed by atoms with E-state index >= 15 is 0 Å². The van der Waals surface area contributed by atoms with Gasteiger partial charge in [-0.25, -0.2) is 4.79 Å². The molecule has 3 amide bonds. The highest BCUT2D eigenvalue weighted by Crippen LogP contribution is 2.17. The highest BCUT2D eigenvalue weighted by atomic mass is 16.2. The van der Waals surface area contributed by atoms with Gasteiger partial charge in [0, 0.05) is 5.69 Å². The maximum absolute atomic E-state index is 10.9. The molecule has 0 aliphatic heterocycles. The lowest BCUT2D eigenvalue weighted by Gasteiger charge is -2.07. The normalized spacial score (nSPS) is 9.43. The van der Waals surface area contributed by atoms with Crippen LogP contribution in [0, 0.1) is 0 Å². The lowest BCUT2D eigenvalue weighted by Crippen LogP contribution is -2.22. The number of benzene rings is 1. The Morgan fingerprint density at radius 2 is 1.86 bits per heavy atom. The molecule has 0 aliphatic rings. The van der Waals surface area contributed by atoms with E-state index in [1.54, 1.807) is 0 Å². The molecule has 7 N–H and O–H groups in total. The largest absolute Gasteiger partial charge is 0.399 e. The molecule has 1 aromatic carbocycles. The van der Waals surface area contributed by atoms with Crippen LogP contribution < -0.4 is 22.5 Å². The number of nitrogens with two attached hydrogens (primary N) is 3. The molecular formula is C8H10N4O2. The summed E-state index contributed by atoms with van der Waals surface area (Å²) in [6, 6.07) is 3.59. The molecule has 0 aromatic heterocycles. The molecule has 6 heteroatoms. The molecule has 0 spiro atoms. The standard InChI is InChI=1S/C8H10N4O2/c9-4-1-2-6(12-8(11)14)5(3-4)7(10)13/h1-3H,9H2,(H2,10,13)(H3,11,12,14). The topological polar surface area (TPSA) is 124 Å². The van der Waals surface area contributed by atoms with Crippen molar-refractivity contribution in [1.29, 1.82) is 0 Å². The average molecular weight is 194 g/mol. The van der Waals surface area contributed by atoms with Gasteiger partial charge in [-0.3, -0.25) is 4.79 Å². The van der Waals surface area contributed by atoms with Gasteiger partial charge in [0.2, 0.25) is 0 Å². The van der Waals surface area contributed by atoms with Crippen LogP contribution in [0.5, 0.6) is 0 Å². The number of nitrogen functional groups attached to an aromatic ring is 1. The van der Waals surface area contributed by atoms with Gasteiger partial charge in [0.1, 0.15) is 0 Å². The minimum Gasteiger partial charge on any atom is -0.399 e. The molecule has 1 rings (SSSR count). The molecule has 74 valence electrons.